The zero-order valence-electron chi connectivity index (χ0n) is 11.4. The highest BCUT2D eigenvalue weighted by atomic mass is 16.5. The Morgan fingerprint density at radius 1 is 1.26 bits per heavy atom. The third-order valence-corrected chi connectivity index (χ3v) is 2.42. The van der Waals surface area contributed by atoms with E-state index in [4.69, 9.17) is 13.9 Å². The molecule has 0 amide bonds. The Bertz CT molecular complexity index is 364. The van der Waals surface area contributed by atoms with Gasteiger partial charge in [-0.15, -0.1) is 0 Å². The summed E-state index contributed by atoms with van der Waals surface area (Å²) in [7, 11) is 2.98. The Morgan fingerprint density at radius 3 is 2.84 bits per heavy atom. The lowest BCUT2D eigenvalue weighted by atomic mass is 10.4. The first-order chi connectivity index (χ1) is 9.27. The summed E-state index contributed by atoms with van der Waals surface area (Å²) < 4.78 is 20.1. The average molecular weight is 271 g/mol. The van der Waals surface area contributed by atoms with Crippen LogP contribution in [0.1, 0.15) is 22.7 Å². The van der Waals surface area contributed by atoms with Crippen LogP contribution in [0.2, 0.25) is 0 Å². The van der Waals surface area contributed by atoms with E-state index in [0.717, 1.165) is 13.0 Å². The standard InChI is InChI=1S/C13H21NO5/c1-16-8-9-18-7-3-6-14-10-11-4-5-12(19-11)13(15)17-2/h4-5,14H,3,6-10H2,1-2H3. The van der Waals surface area contributed by atoms with Crippen LogP contribution in [-0.4, -0.2) is 46.6 Å². The molecule has 0 aliphatic rings. The van der Waals surface area contributed by atoms with Gasteiger partial charge in [0, 0.05) is 13.7 Å². The van der Waals surface area contributed by atoms with Crippen LogP contribution in [0, 0.1) is 0 Å². The molecule has 1 rings (SSSR count). The van der Waals surface area contributed by atoms with Crippen LogP contribution >= 0.6 is 0 Å². The quantitative estimate of drug-likeness (QED) is 0.509. The van der Waals surface area contributed by atoms with Gasteiger partial charge in [0.15, 0.2) is 0 Å². The summed E-state index contributed by atoms with van der Waals surface area (Å²) in [5.41, 5.74) is 0. The Morgan fingerprint density at radius 2 is 2.11 bits per heavy atom. The van der Waals surface area contributed by atoms with Crippen molar-refractivity contribution in [3.63, 3.8) is 0 Å². The van der Waals surface area contributed by atoms with Gasteiger partial charge in [0.2, 0.25) is 5.76 Å². The molecule has 1 aromatic rings. The van der Waals surface area contributed by atoms with Gasteiger partial charge >= 0.3 is 5.97 Å². The molecule has 0 atom stereocenters. The van der Waals surface area contributed by atoms with E-state index in [-0.39, 0.29) is 5.76 Å². The van der Waals surface area contributed by atoms with Crippen molar-refractivity contribution < 1.29 is 23.4 Å². The molecule has 1 N–H and O–H groups in total. The van der Waals surface area contributed by atoms with Crippen LogP contribution in [0.15, 0.2) is 16.5 Å². The normalized spacial score (nSPS) is 10.6. The number of nitrogens with one attached hydrogen (secondary N) is 1. The molecule has 0 aliphatic carbocycles. The fraction of sp³-hybridized carbons (Fsp3) is 0.615. The van der Waals surface area contributed by atoms with Gasteiger partial charge in [-0.1, -0.05) is 0 Å². The Kier molecular flexibility index (Phi) is 7.88. The second-order valence-electron chi connectivity index (χ2n) is 3.89. The minimum Gasteiger partial charge on any atom is -0.463 e. The van der Waals surface area contributed by atoms with Crippen molar-refractivity contribution in [2.75, 3.05) is 40.6 Å². The predicted octanol–water partition coefficient (Wildman–Crippen LogP) is 1.21. The van der Waals surface area contributed by atoms with Crippen LogP contribution in [-0.2, 0) is 20.8 Å². The molecule has 0 fully saturated rings. The highest BCUT2D eigenvalue weighted by Crippen LogP contribution is 2.08. The summed E-state index contributed by atoms with van der Waals surface area (Å²) in [6, 6.07) is 3.37. The molecule has 19 heavy (non-hydrogen) atoms. The van der Waals surface area contributed by atoms with Crippen LogP contribution in [0.4, 0.5) is 0 Å². The molecule has 108 valence electrons. The number of ether oxygens (including phenoxy) is 3. The smallest absolute Gasteiger partial charge is 0.373 e. The van der Waals surface area contributed by atoms with Gasteiger partial charge in [0.1, 0.15) is 5.76 Å². The van der Waals surface area contributed by atoms with E-state index in [9.17, 15) is 4.79 Å². The molecular formula is C13H21NO5. The predicted molar refractivity (Wildman–Crippen MR) is 69.1 cm³/mol. The van der Waals surface area contributed by atoms with E-state index in [1.54, 1.807) is 19.2 Å². The van der Waals surface area contributed by atoms with Crippen LogP contribution in [0.5, 0.6) is 0 Å². The molecule has 0 aliphatic heterocycles. The molecule has 0 aromatic carbocycles. The number of rotatable bonds is 10. The van der Waals surface area contributed by atoms with Crippen molar-refractivity contribution in [2.45, 2.75) is 13.0 Å². The lowest BCUT2D eigenvalue weighted by molar-refractivity contribution is 0.0563. The van der Waals surface area contributed by atoms with Gasteiger partial charge in [-0.2, -0.15) is 0 Å². The molecular weight excluding hydrogens is 250 g/mol. The first-order valence-electron chi connectivity index (χ1n) is 6.22. The zero-order valence-corrected chi connectivity index (χ0v) is 11.4. The van der Waals surface area contributed by atoms with Gasteiger partial charge in [0.25, 0.3) is 0 Å². The first kappa shape index (κ1) is 15.7. The molecule has 6 nitrogen and oxygen atoms in total. The SMILES string of the molecule is COCCOCCCNCc1ccc(C(=O)OC)o1. The third-order valence-electron chi connectivity index (χ3n) is 2.42. The molecule has 0 radical (unpaired) electrons. The van der Waals surface area contributed by atoms with Gasteiger partial charge in [-0.25, -0.2) is 4.79 Å². The third kappa shape index (κ3) is 6.37. The Hall–Kier alpha value is -1.37. The molecule has 0 spiro atoms. The van der Waals surface area contributed by atoms with E-state index in [1.807, 2.05) is 0 Å². The largest absolute Gasteiger partial charge is 0.463 e. The Labute approximate surface area is 113 Å². The highest BCUT2D eigenvalue weighted by molar-refractivity contribution is 5.86. The molecule has 0 saturated carbocycles. The summed E-state index contributed by atoms with van der Waals surface area (Å²) in [5, 5.41) is 3.21. The minimum atomic E-state index is -0.460. The number of carbonyl (C=O) groups excluding carboxylic acids is 1. The first-order valence-corrected chi connectivity index (χ1v) is 6.22. The maximum absolute atomic E-state index is 11.2. The van der Waals surface area contributed by atoms with Gasteiger partial charge in [-0.05, 0) is 25.1 Å². The fourth-order valence-electron chi connectivity index (χ4n) is 1.44. The van der Waals surface area contributed by atoms with Crippen molar-refractivity contribution in [2.24, 2.45) is 0 Å². The van der Waals surface area contributed by atoms with Crippen molar-refractivity contribution in [3.05, 3.63) is 23.7 Å². The average Bonchev–Trinajstić information content (AvgIpc) is 2.89. The maximum atomic E-state index is 11.2. The van der Waals surface area contributed by atoms with E-state index in [0.29, 0.717) is 32.1 Å². The molecule has 0 bridgehead atoms. The lowest BCUT2D eigenvalue weighted by Gasteiger charge is -2.04. The monoisotopic (exact) mass is 271 g/mol. The summed E-state index contributed by atoms with van der Waals surface area (Å²) >= 11 is 0. The van der Waals surface area contributed by atoms with Crippen LogP contribution in [0.3, 0.4) is 0 Å². The van der Waals surface area contributed by atoms with Crippen molar-refractivity contribution in [1.82, 2.24) is 5.32 Å². The fourth-order valence-corrected chi connectivity index (χ4v) is 1.44. The summed E-state index contributed by atoms with van der Waals surface area (Å²) in [6.45, 7) is 3.34. The van der Waals surface area contributed by atoms with E-state index in [1.165, 1.54) is 7.11 Å². The molecule has 0 unspecified atom stereocenters. The second-order valence-corrected chi connectivity index (χ2v) is 3.89. The summed E-state index contributed by atoms with van der Waals surface area (Å²) in [6.07, 6.45) is 0.911. The number of hydrogen-bond donors (Lipinski definition) is 1. The second kappa shape index (κ2) is 9.55. The molecule has 1 aromatic heterocycles. The van der Waals surface area contributed by atoms with Gasteiger partial charge in [-0.3, -0.25) is 0 Å². The number of hydrogen-bond acceptors (Lipinski definition) is 6. The van der Waals surface area contributed by atoms with Gasteiger partial charge < -0.3 is 23.9 Å². The number of furan rings is 1. The van der Waals surface area contributed by atoms with E-state index < -0.39 is 5.97 Å². The summed E-state index contributed by atoms with van der Waals surface area (Å²) in [4.78, 5) is 11.2. The van der Waals surface area contributed by atoms with Crippen LogP contribution in [0.25, 0.3) is 0 Å². The van der Waals surface area contributed by atoms with E-state index in [2.05, 4.69) is 10.1 Å². The number of esters is 1. The van der Waals surface area contributed by atoms with Crippen LogP contribution < -0.4 is 5.32 Å². The minimum absolute atomic E-state index is 0.224. The van der Waals surface area contributed by atoms with Gasteiger partial charge in [0.05, 0.1) is 26.9 Å². The van der Waals surface area contributed by atoms with Crippen molar-refractivity contribution in [1.29, 1.82) is 0 Å². The summed E-state index contributed by atoms with van der Waals surface area (Å²) in [5.74, 6) is 0.473. The van der Waals surface area contributed by atoms with Crippen molar-refractivity contribution in [3.8, 4) is 0 Å². The molecule has 1 heterocycles. The number of carbonyl (C=O) groups is 1. The Balaban J connectivity index is 2.06. The van der Waals surface area contributed by atoms with Crippen molar-refractivity contribution >= 4 is 5.97 Å². The molecule has 0 saturated heterocycles. The zero-order chi connectivity index (χ0) is 13.9. The highest BCUT2D eigenvalue weighted by Gasteiger charge is 2.10. The molecule has 6 heteroatoms. The number of methoxy groups -OCH3 is 2. The van der Waals surface area contributed by atoms with E-state index >= 15 is 0 Å². The lowest BCUT2D eigenvalue weighted by Crippen LogP contribution is -2.16. The maximum Gasteiger partial charge on any atom is 0.373 e. The topological polar surface area (TPSA) is 69.9 Å².